The molecule has 5 nitrogen and oxygen atoms in total. The number of fused-ring (bicyclic) bond motifs is 3. The number of hydrogen-bond donors (Lipinski definition) is 2. The predicted molar refractivity (Wildman–Crippen MR) is 130 cm³/mol. The number of aromatic amines is 1. The Kier molecular flexibility index (Phi) is 5.56. The number of hydrogen-bond acceptors (Lipinski definition) is 3. The van der Waals surface area contributed by atoms with Crippen LogP contribution in [0.3, 0.4) is 0 Å². The van der Waals surface area contributed by atoms with Gasteiger partial charge in [0.25, 0.3) is 0 Å². The lowest BCUT2D eigenvalue weighted by Crippen LogP contribution is -2.23. The normalized spacial score (nSPS) is 18.3. The van der Waals surface area contributed by atoms with E-state index in [0.717, 1.165) is 58.4 Å². The van der Waals surface area contributed by atoms with E-state index >= 15 is 0 Å². The molecule has 168 valence electrons. The third-order valence-corrected chi connectivity index (χ3v) is 6.38. The van der Waals surface area contributed by atoms with Crippen LogP contribution in [-0.2, 0) is 6.61 Å². The lowest BCUT2D eigenvalue weighted by atomic mass is 9.92. The van der Waals surface area contributed by atoms with Crippen molar-refractivity contribution in [3.05, 3.63) is 99.2 Å². The summed E-state index contributed by atoms with van der Waals surface area (Å²) in [6.07, 6.45) is 3.03. The van der Waals surface area contributed by atoms with Gasteiger partial charge in [-0.1, -0.05) is 30.3 Å². The number of aromatic nitrogens is 2. The minimum Gasteiger partial charge on any atom is -0.488 e. The molecule has 0 spiro atoms. The van der Waals surface area contributed by atoms with Crippen molar-refractivity contribution in [3.63, 3.8) is 0 Å². The SMILES string of the molecule is Cl.O=c1[nH]c2cc(/C=C3\c4ccccc4COc4cc(F)ccc43)ccc2n1C1CCNC1. The van der Waals surface area contributed by atoms with Crippen LogP contribution >= 0.6 is 12.4 Å². The number of H-pyrrole nitrogens is 1. The molecule has 33 heavy (non-hydrogen) atoms. The van der Waals surface area contributed by atoms with Gasteiger partial charge in [0.05, 0.1) is 17.1 Å². The zero-order chi connectivity index (χ0) is 21.7. The van der Waals surface area contributed by atoms with Crippen molar-refractivity contribution in [2.24, 2.45) is 0 Å². The van der Waals surface area contributed by atoms with E-state index in [4.69, 9.17) is 4.74 Å². The van der Waals surface area contributed by atoms with Crippen molar-refractivity contribution in [3.8, 4) is 5.75 Å². The van der Waals surface area contributed by atoms with E-state index in [0.29, 0.717) is 12.4 Å². The second-order valence-electron chi connectivity index (χ2n) is 8.37. The van der Waals surface area contributed by atoms with Crippen LogP contribution in [0.2, 0.25) is 0 Å². The van der Waals surface area contributed by atoms with Gasteiger partial charge >= 0.3 is 5.69 Å². The summed E-state index contributed by atoms with van der Waals surface area (Å²) in [6.45, 7) is 2.12. The van der Waals surface area contributed by atoms with Gasteiger partial charge in [-0.2, -0.15) is 0 Å². The quantitative estimate of drug-likeness (QED) is 0.444. The Morgan fingerprint density at radius 2 is 1.94 bits per heavy atom. The summed E-state index contributed by atoms with van der Waals surface area (Å²) >= 11 is 0. The smallest absolute Gasteiger partial charge is 0.326 e. The first-order chi connectivity index (χ1) is 15.7. The third kappa shape index (κ3) is 3.75. The fourth-order valence-electron chi connectivity index (χ4n) is 4.83. The van der Waals surface area contributed by atoms with Gasteiger partial charge in [-0.15, -0.1) is 12.4 Å². The first-order valence-electron chi connectivity index (χ1n) is 10.8. The van der Waals surface area contributed by atoms with E-state index in [9.17, 15) is 9.18 Å². The van der Waals surface area contributed by atoms with Gasteiger partial charge in [0.15, 0.2) is 0 Å². The second-order valence-corrected chi connectivity index (χ2v) is 8.37. The largest absolute Gasteiger partial charge is 0.488 e. The first kappa shape index (κ1) is 21.5. The molecule has 4 aromatic rings. The zero-order valence-corrected chi connectivity index (χ0v) is 18.6. The summed E-state index contributed by atoms with van der Waals surface area (Å²) in [5.74, 6) is 0.206. The molecule has 0 bridgehead atoms. The molecule has 0 radical (unpaired) electrons. The Hall–Kier alpha value is -3.35. The van der Waals surface area contributed by atoms with E-state index in [1.165, 1.54) is 12.1 Å². The van der Waals surface area contributed by atoms with Gasteiger partial charge in [0.2, 0.25) is 0 Å². The highest BCUT2D eigenvalue weighted by atomic mass is 35.5. The van der Waals surface area contributed by atoms with Gasteiger partial charge in [-0.05, 0) is 65.6 Å². The minimum atomic E-state index is -0.323. The Morgan fingerprint density at radius 1 is 1.06 bits per heavy atom. The summed E-state index contributed by atoms with van der Waals surface area (Å²) in [5, 5.41) is 3.33. The van der Waals surface area contributed by atoms with Crippen molar-refractivity contribution in [1.29, 1.82) is 0 Å². The molecular weight excluding hydrogens is 441 g/mol. The number of nitrogens with one attached hydrogen (secondary N) is 2. The molecule has 0 amide bonds. The molecule has 0 aliphatic carbocycles. The molecule has 7 heteroatoms. The van der Waals surface area contributed by atoms with E-state index in [1.807, 2.05) is 41.0 Å². The Bertz CT molecular complexity index is 1430. The van der Waals surface area contributed by atoms with E-state index in [2.05, 4.69) is 22.4 Å². The predicted octanol–water partition coefficient (Wildman–Crippen LogP) is 4.91. The average Bonchev–Trinajstić information content (AvgIpc) is 3.39. The topological polar surface area (TPSA) is 59.1 Å². The molecule has 2 N–H and O–H groups in total. The standard InChI is InChI=1S/C26H22FN3O2.ClH/c27-18-6-7-21-22(20-4-2-1-3-17(20)15-32-25(21)13-18)11-16-5-8-24-23(12-16)29-26(31)30(24)19-9-10-28-14-19;/h1-8,11-13,19,28H,9-10,14-15H2,(H,29,31);1H/b22-11+;. The first-order valence-corrected chi connectivity index (χ1v) is 10.8. The molecule has 6 rings (SSSR count). The number of halogens is 2. The van der Waals surface area contributed by atoms with Crippen LogP contribution in [0.5, 0.6) is 5.75 Å². The molecule has 1 saturated heterocycles. The highest BCUT2D eigenvalue weighted by Crippen LogP contribution is 2.38. The van der Waals surface area contributed by atoms with Gasteiger partial charge in [0, 0.05) is 18.2 Å². The van der Waals surface area contributed by atoms with Crippen LogP contribution in [-0.4, -0.2) is 22.6 Å². The monoisotopic (exact) mass is 463 g/mol. The average molecular weight is 464 g/mol. The zero-order valence-electron chi connectivity index (χ0n) is 17.8. The molecule has 0 saturated carbocycles. The van der Waals surface area contributed by atoms with Crippen LogP contribution in [0.1, 0.15) is 34.7 Å². The van der Waals surface area contributed by atoms with Gasteiger partial charge < -0.3 is 15.0 Å². The fraction of sp³-hybridized carbons (Fsp3) is 0.192. The van der Waals surface area contributed by atoms with E-state index in [1.54, 1.807) is 6.07 Å². The van der Waals surface area contributed by atoms with Gasteiger partial charge in [0.1, 0.15) is 18.2 Å². The maximum atomic E-state index is 13.9. The van der Waals surface area contributed by atoms with E-state index < -0.39 is 0 Å². The van der Waals surface area contributed by atoms with Crippen molar-refractivity contribution in [2.45, 2.75) is 19.1 Å². The van der Waals surface area contributed by atoms with Crippen molar-refractivity contribution >= 4 is 35.1 Å². The molecule has 1 aromatic heterocycles. The molecule has 3 aromatic carbocycles. The molecule has 2 aliphatic heterocycles. The van der Waals surface area contributed by atoms with Crippen LogP contribution in [0.4, 0.5) is 4.39 Å². The molecule has 1 fully saturated rings. The lowest BCUT2D eigenvalue weighted by Gasteiger charge is -2.12. The number of benzene rings is 3. The van der Waals surface area contributed by atoms with Crippen molar-refractivity contribution in [1.82, 2.24) is 14.9 Å². The molecular formula is C26H23ClFN3O2. The fourth-order valence-corrected chi connectivity index (χ4v) is 4.83. The highest BCUT2D eigenvalue weighted by molar-refractivity contribution is 5.95. The summed E-state index contributed by atoms with van der Waals surface area (Å²) in [5.41, 5.74) is 6.52. The number of imidazole rings is 1. The maximum absolute atomic E-state index is 13.9. The minimum absolute atomic E-state index is 0. The molecule has 1 unspecified atom stereocenters. The van der Waals surface area contributed by atoms with Crippen LogP contribution in [0.15, 0.2) is 65.5 Å². The summed E-state index contributed by atoms with van der Waals surface area (Å²) < 4.78 is 21.7. The third-order valence-electron chi connectivity index (χ3n) is 6.38. The lowest BCUT2D eigenvalue weighted by molar-refractivity contribution is 0.305. The Morgan fingerprint density at radius 3 is 2.79 bits per heavy atom. The summed E-state index contributed by atoms with van der Waals surface area (Å²) in [7, 11) is 0. The van der Waals surface area contributed by atoms with E-state index in [-0.39, 0.29) is 30.0 Å². The Balaban J connectivity index is 0.00000228. The number of nitrogens with zero attached hydrogens (tertiary/aromatic N) is 1. The Labute approximate surface area is 196 Å². The van der Waals surface area contributed by atoms with Crippen molar-refractivity contribution in [2.75, 3.05) is 13.1 Å². The van der Waals surface area contributed by atoms with Gasteiger partial charge in [-0.25, -0.2) is 9.18 Å². The van der Waals surface area contributed by atoms with Crippen molar-refractivity contribution < 1.29 is 9.13 Å². The molecule has 1 atom stereocenters. The summed E-state index contributed by atoms with van der Waals surface area (Å²) in [4.78, 5) is 15.7. The maximum Gasteiger partial charge on any atom is 0.326 e. The number of ether oxygens (including phenoxy) is 1. The summed E-state index contributed by atoms with van der Waals surface area (Å²) in [6, 6.07) is 18.9. The van der Waals surface area contributed by atoms with Crippen LogP contribution in [0.25, 0.3) is 22.7 Å². The van der Waals surface area contributed by atoms with Crippen LogP contribution < -0.4 is 15.7 Å². The van der Waals surface area contributed by atoms with Gasteiger partial charge in [-0.3, -0.25) is 4.57 Å². The van der Waals surface area contributed by atoms with Crippen LogP contribution in [0, 0.1) is 5.82 Å². The number of rotatable bonds is 2. The molecule has 3 heterocycles. The molecule has 2 aliphatic rings. The second kappa shape index (κ2) is 8.54. The highest BCUT2D eigenvalue weighted by Gasteiger charge is 2.22.